The van der Waals surface area contributed by atoms with Gasteiger partial charge in [-0.3, -0.25) is 9.59 Å². The molecule has 3 aromatic rings. The molecule has 2 aromatic carbocycles. The fourth-order valence-corrected chi connectivity index (χ4v) is 3.20. The molecule has 0 bridgehead atoms. The van der Waals surface area contributed by atoms with Gasteiger partial charge in [0.1, 0.15) is 28.5 Å². The minimum atomic E-state index is -5.03. The summed E-state index contributed by atoms with van der Waals surface area (Å²) in [5.74, 6) is -6.65. The highest BCUT2D eigenvalue weighted by atomic mass is 19.4. The number of nitrogens with one attached hydrogen (secondary N) is 1. The first-order chi connectivity index (χ1) is 18.1. The fraction of sp³-hybridized carbons (Fsp3) is 0.174. The highest BCUT2D eigenvalue weighted by Gasteiger charge is 2.38. The van der Waals surface area contributed by atoms with E-state index in [1.807, 2.05) is 5.32 Å². The van der Waals surface area contributed by atoms with Crippen LogP contribution in [0.5, 0.6) is 28.7 Å². The van der Waals surface area contributed by atoms with E-state index in [1.165, 1.54) is 0 Å². The number of primary amides is 1. The standard InChI is InChI=1S/C23H16F7N3O6/c1-36-17-7-10(39-23(28,29)30)3-5-15(17)38-16-6-4-11(22(25,26)27)19(37-2)18(16)21(35)33-13-8-14(20(31)34)32-9-12(13)24/h3-9H,1-2H3,(H2,31,34)(H,32,33,35). The molecule has 1 aromatic heterocycles. The molecular weight excluding hydrogens is 547 g/mol. The van der Waals surface area contributed by atoms with E-state index in [9.17, 15) is 40.3 Å². The number of alkyl halides is 6. The lowest BCUT2D eigenvalue weighted by Crippen LogP contribution is -2.19. The highest BCUT2D eigenvalue weighted by Crippen LogP contribution is 2.44. The van der Waals surface area contributed by atoms with E-state index in [0.29, 0.717) is 12.3 Å². The van der Waals surface area contributed by atoms with Crippen LogP contribution in [0.15, 0.2) is 42.6 Å². The molecule has 0 radical (unpaired) electrons. The molecule has 2 amide bonds. The fourth-order valence-electron chi connectivity index (χ4n) is 3.20. The number of hydrogen-bond donors (Lipinski definition) is 2. The Bertz CT molecular complexity index is 1410. The molecule has 208 valence electrons. The molecule has 0 aliphatic carbocycles. The number of anilines is 1. The Morgan fingerprint density at radius 1 is 0.923 bits per heavy atom. The van der Waals surface area contributed by atoms with Gasteiger partial charge in [-0.05, 0) is 30.3 Å². The summed E-state index contributed by atoms with van der Waals surface area (Å²) in [4.78, 5) is 28.0. The van der Waals surface area contributed by atoms with Crippen LogP contribution in [0.25, 0.3) is 0 Å². The van der Waals surface area contributed by atoms with Crippen LogP contribution in [0, 0.1) is 5.82 Å². The second-order valence-electron chi connectivity index (χ2n) is 7.35. The normalized spacial score (nSPS) is 11.5. The number of nitrogens with two attached hydrogens (primary N) is 1. The predicted molar refractivity (Wildman–Crippen MR) is 118 cm³/mol. The number of halogens is 7. The number of rotatable bonds is 8. The summed E-state index contributed by atoms with van der Waals surface area (Å²) < 4.78 is 112. The molecule has 3 rings (SSSR count). The lowest BCUT2D eigenvalue weighted by molar-refractivity contribution is -0.274. The van der Waals surface area contributed by atoms with Gasteiger partial charge in [-0.1, -0.05) is 0 Å². The van der Waals surface area contributed by atoms with Crippen molar-refractivity contribution in [3.05, 3.63) is 65.2 Å². The van der Waals surface area contributed by atoms with Crippen molar-refractivity contribution in [3.8, 4) is 28.7 Å². The molecule has 0 saturated carbocycles. The van der Waals surface area contributed by atoms with Gasteiger partial charge in [-0.15, -0.1) is 13.2 Å². The molecule has 1 heterocycles. The lowest BCUT2D eigenvalue weighted by Gasteiger charge is -2.20. The number of carbonyl (C=O) groups excluding carboxylic acids is 2. The van der Waals surface area contributed by atoms with Crippen LogP contribution in [0.3, 0.4) is 0 Å². The first-order valence-corrected chi connectivity index (χ1v) is 10.3. The maximum atomic E-state index is 14.3. The zero-order valence-corrected chi connectivity index (χ0v) is 19.7. The van der Waals surface area contributed by atoms with Gasteiger partial charge in [0.2, 0.25) is 0 Å². The first kappa shape index (κ1) is 28.8. The summed E-state index contributed by atoms with van der Waals surface area (Å²) in [5, 5.41) is 2.00. The SMILES string of the molecule is COc1cc(OC(F)(F)F)ccc1Oc1ccc(C(F)(F)F)c(OC)c1C(=O)Nc1cc(C(N)=O)ncc1F. The second-order valence-corrected chi connectivity index (χ2v) is 7.35. The quantitative estimate of drug-likeness (QED) is 0.357. The summed E-state index contributed by atoms with van der Waals surface area (Å²) in [6.07, 6.45) is -9.50. The number of benzene rings is 2. The van der Waals surface area contributed by atoms with Crippen molar-refractivity contribution in [2.45, 2.75) is 12.5 Å². The molecule has 9 nitrogen and oxygen atoms in total. The number of ether oxygens (including phenoxy) is 4. The molecule has 0 aliphatic rings. The number of amides is 2. The van der Waals surface area contributed by atoms with Gasteiger partial charge >= 0.3 is 12.5 Å². The summed E-state index contributed by atoms with van der Waals surface area (Å²) >= 11 is 0. The number of aromatic nitrogens is 1. The first-order valence-electron chi connectivity index (χ1n) is 10.3. The molecule has 0 fully saturated rings. The van der Waals surface area contributed by atoms with Crippen molar-refractivity contribution < 1.29 is 59.3 Å². The van der Waals surface area contributed by atoms with Crippen molar-refractivity contribution in [1.29, 1.82) is 0 Å². The number of pyridine rings is 1. The van der Waals surface area contributed by atoms with Crippen LogP contribution in [-0.4, -0.2) is 37.4 Å². The maximum absolute atomic E-state index is 14.3. The average molecular weight is 563 g/mol. The highest BCUT2D eigenvalue weighted by molar-refractivity contribution is 6.09. The summed E-state index contributed by atoms with van der Waals surface area (Å²) in [5.41, 5.74) is 1.66. The Labute approximate surface area is 214 Å². The van der Waals surface area contributed by atoms with Crippen LogP contribution in [0.1, 0.15) is 26.4 Å². The van der Waals surface area contributed by atoms with Crippen molar-refractivity contribution in [3.63, 3.8) is 0 Å². The Morgan fingerprint density at radius 3 is 2.15 bits per heavy atom. The summed E-state index contributed by atoms with van der Waals surface area (Å²) in [6, 6.07) is 4.55. The van der Waals surface area contributed by atoms with E-state index < -0.39 is 69.9 Å². The molecule has 0 unspecified atom stereocenters. The van der Waals surface area contributed by atoms with Crippen molar-refractivity contribution in [2.24, 2.45) is 5.73 Å². The third-order valence-electron chi connectivity index (χ3n) is 4.80. The van der Waals surface area contributed by atoms with E-state index in [0.717, 1.165) is 44.6 Å². The average Bonchev–Trinajstić information content (AvgIpc) is 2.83. The molecule has 0 saturated heterocycles. The topological polar surface area (TPSA) is 122 Å². The van der Waals surface area contributed by atoms with E-state index in [2.05, 4.69) is 9.72 Å². The van der Waals surface area contributed by atoms with E-state index >= 15 is 0 Å². The molecular formula is C23H16F7N3O6. The predicted octanol–water partition coefficient (Wildman–Crippen LogP) is 5.30. The van der Waals surface area contributed by atoms with Gasteiger partial charge in [0.25, 0.3) is 11.8 Å². The largest absolute Gasteiger partial charge is 0.573 e. The smallest absolute Gasteiger partial charge is 0.495 e. The van der Waals surface area contributed by atoms with Crippen LogP contribution >= 0.6 is 0 Å². The molecule has 3 N–H and O–H groups in total. The monoisotopic (exact) mass is 563 g/mol. The Morgan fingerprint density at radius 2 is 1.59 bits per heavy atom. The van der Waals surface area contributed by atoms with Crippen LogP contribution in [0.2, 0.25) is 0 Å². The van der Waals surface area contributed by atoms with E-state index in [1.54, 1.807) is 0 Å². The number of methoxy groups -OCH3 is 2. The van der Waals surface area contributed by atoms with Crippen molar-refractivity contribution >= 4 is 17.5 Å². The van der Waals surface area contributed by atoms with Gasteiger partial charge in [0.15, 0.2) is 17.3 Å². The van der Waals surface area contributed by atoms with E-state index in [-0.39, 0.29) is 11.5 Å². The molecule has 0 spiro atoms. The van der Waals surface area contributed by atoms with Gasteiger partial charge in [0, 0.05) is 6.07 Å². The third-order valence-corrected chi connectivity index (χ3v) is 4.80. The Balaban J connectivity index is 2.13. The Hall–Kier alpha value is -4.76. The number of carbonyl (C=O) groups is 2. The summed E-state index contributed by atoms with van der Waals surface area (Å²) in [7, 11) is 1.89. The minimum Gasteiger partial charge on any atom is -0.495 e. The van der Waals surface area contributed by atoms with Crippen molar-refractivity contribution in [2.75, 3.05) is 19.5 Å². The van der Waals surface area contributed by atoms with Crippen LogP contribution < -0.4 is 30.0 Å². The second kappa shape index (κ2) is 10.9. The third kappa shape index (κ3) is 6.77. The van der Waals surface area contributed by atoms with Gasteiger partial charge in [0.05, 0.1) is 31.7 Å². The molecule has 0 atom stereocenters. The molecule has 0 aliphatic heterocycles. The zero-order valence-electron chi connectivity index (χ0n) is 19.7. The zero-order chi connectivity index (χ0) is 29.1. The van der Waals surface area contributed by atoms with E-state index in [4.69, 9.17) is 19.9 Å². The van der Waals surface area contributed by atoms with Crippen LogP contribution in [0.4, 0.5) is 36.4 Å². The minimum absolute atomic E-state index is 0.339. The number of hydrogen-bond acceptors (Lipinski definition) is 7. The lowest BCUT2D eigenvalue weighted by atomic mass is 10.1. The molecule has 16 heteroatoms. The Kier molecular flexibility index (Phi) is 8.07. The van der Waals surface area contributed by atoms with Gasteiger partial charge in [-0.2, -0.15) is 13.2 Å². The molecule has 39 heavy (non-hydrogen) atoms. The van der Waals surface area contributed by atoms with Gasteiger partial charge < -0.3 is 30.0 Å². The number of nitrogens with zero attached hydrogens (tertiary/aromatic N) is 1. The van der Waals surface area contributed by atoms with Crippen LogP contribution in [-0.2, 0) is 6.18 Å². The van der Waals surface area contributed by atoms with Gasteiger partial charge in [-0.25, -0.2) is 9.37 Å². The maximum Gasteiger partial charge on any atom is 0.573 e. The summed E-state index contributed by atoms with van der Waals surface area (Å²) in [6.45, 7) is 0. The van der Waals surface area contributed by atoms with Crippen molar-refractivity contribution in [1.82, 2.24) is 4.98 Å².